The van der Waals surface area contributed by atoms with Crippen LogP contribution < -0.4 is 5.73 Å². The summed E-state index contributed by atoms with van der Waals surface area (Å²) in [7, 11) is 0. The zero-order valence-corrected chi connectivity index (χ0v) is 9.75. The molecule has 0 fully saturated rings. The van der Waals surface area contributed by atoms with Gasteiger partial charge in [-0.05, 0) is 38.1 Å². The van der Waals surface area contributed by atoms with Crippen LogP contribution in [0.1, 0.15) is 23.7 Å². The number of nitrogens with zero attached hydrogens (tertiary/aromatic N) is 1. The van der Waals surface area contributed by atoms with E-state index in [-0.39, 0.29) is 11.5 Å². The van der Waals surface area contributed by atoms with Crippen LogP contribution >= 0.6 is 0 Å². The topological polar surface area (TPSA) is 46.3 Å². The van der Waals surface area contributed by atoms with Gasteiger partial charge in [0.1, 0.15) is 0 Å². The number of carbonyl (C=O) groups is 1. The molecule has 1 aromatic carbocycles. The van der Waals surface area contributed by atoms with Gasteiger partial charge in [0.05, 0.1) is 0 Å². The van der Waals surface area contributed by atoms with Crippen LogP contribution in [0, 0.1) is 11.6 Å². The van der Waals surface area contributed by atoms with Crippen LogP contribution in [0.25, 0.3) is 0 Å². The minimum absolute atomic E-state index is 0.155. The fourth-order valence-electron chi connectivity index (χ4n) is 1.50. The number of amides is 1. The van der Waals surface area contributed by atoms with Gasteiger partial charge in [-0.3, -0.25) is 4.79 Å². The summed E-state index contributed by atoms with van der Waals surface area (Å²) in [6.07, 6.45) is 0.684. The first-order chi connectivity index (χ1) is 8.10. The fraction of sp³-hybridized carbons (Fsp3) is 0.417. The monoisotopic (exact) mass is 242 g/mol. The molecule has 5 heteroatoms. The third kappa shape index (κ3) is 3.49. The number of benzene rings is 1. The zero-order chi connectivity index (χ0) is 12.8. The van der Waals surface area contributed by atoms with Gasteiger partial charge in [0.2, 0.25) is 0 Å². The van der Waals surface area contributed by atoms with Gasteiger partial charge in [0.15, 0.2) is 11.6 Å². The van der Waals surface area contributed by atoms with Gasteiger partial charge in [-0.25, -0.2) is 8.78 Å². The summed E-state index contributed by atoms with van der Waals surface area (Å²) in [6.45, 7) is 3.35. The molecule has 0 radical (unpaired) electrons. The van der Waals surface area contributed by atoms with Crippen molar-refractivity contribution in [3.05, 3.63) is 35.4 Å². The molecule has 0 aliphatic rings. The van der Waals surface area contributed by atoms with Crippen molar-refractivity contribution in [3.8, 4) is 0 Å². The largest absolute Gasteiger partial charge is 0.339 e. The SMILES string of the molecule is CCN(CCCN)C(=O)c1ccc(F)c(F)c1. The van der Waals surface area contributed by atoms with Crippen molar-refractivity contribution in [1.82, 2.24) is 4.90 Å². The van der Waals surface area contributed by atoms with Crippen LogP contribution in [-0.4, -0.2) is 30.4 Å². The van der Waals surface area contributed by atoms with Crippen LogP contribution in [-0.2, 0) is 0 Å². The van der Waals surface area contributed by atoms with E-state index >= 15 is 0 Å². The second-order valence-corrected chi connectivity index (χ2v) is 3.66. The molecule has 0 unspecified atom stereocenters. The standard InChI is InChI=1S/C12H16F2N2O/c1-2-16(7-3-6-15)12(17)9-4-5-10(13)11(14)8-9/h4-5,8H,2-3,6-7,15H2,1H3. The Bertz CT molecular complexity index is 396. The summed E-state index contributed by atoms with van der Waals surface area (Å²) in [4.78, 5) is 13.5. The van der Waals surface area contributed by atoms with Crippen molar-refractivity contribution in [2.75, 3.05) is 19.6 Å². The average molecular weight is 242 g/mol. The molecule has 1 rings (SSSR count). The van der Waals surface area contributed by atoms with E-state index in [1.165, 1.54) is 6.07 Å². The van der Waals surface area contributed by atoms with Gasteiger partial charge in [0, 0.05) is 18.7 Å². The molecule has 0 aliphatic heterocycles. The van der Waals surface area contributed by atoms with Crippen molar-refractivity contribution in [1.29, 1.82) is 0 Å². The third-order valence-corrected chi connectivity index (χ3v) is 2.47. The van der Waals surface area contributed by atoms with E-state index in [0.717, 1.165) is 12.1 Å². The van der Waals surface area contributed by atoms with Gasteiger partial charge < -0.3 is 10.6 Å². The molecular weight excluding hydrogens is 226 g/mol. The van der Waals surface area contributed by atoms with E-state index in [1.54, 1.807) is 4.90 Å². The molecule has 0 atom stereocenters. The minimum atomic E-state index is -1.01. The Kier molecular flexibility index (Phi) is 5.03. The van der Waals surface area contributed by atoms with Crippen LogP contribution in [0.5, 0.6) is 0 Å². The maximum atomic E-state index is 13.0. The lowest BCUT2D eigenvalue weighted by molar-refractivity contribution is 0.0763. The van der Waals surface area contributed by atoms with E-state index in [1.807, 2.05) is 6.92 Å². The second-order valence-electron chi connectivity index (χ2n) is 3.66. The maximum Gasteiger partial charge on any atom is 0.253 e. The lowest BCUT2D eigenvalue weighted by atomic mass is 10.2. The summed E-state index contributed by atoms with van der Waals surface area (Å²) >= 11 is 0. The first-order valence-electron chi connectivity index (χ1n) is 5.54. The zero-order valence-electron chi connectivity index (χ0n) is 9.75. The highest BCUT2D eigenvalue weighted by molar-refractivity contribution is 5.94. The normalized spacial score (nSPS) is 10.4. The Morgan fingerprint density at radius 2 is 2.06 bits per heavy atom. The predicted molar refractivity (Wildman–Crippen MR) is 61.6 cm³/mol. The number of nitrogens with two attached hydrogens (primary N) is 1. The van der Waals surface area contributed by atoms with Gasteiger partial charge in [-0.1, -0.05) is 0 Å². The highest BCUT2D eigenvalue weighted by atomic mass is 19.2. The molecule has 0 aromatic heterocycles. The fourth-order valence-corrected chi connectivity index (χ4v) is 1.50. The number of halogens is 2. The van der Waals surface area contributed by atoms with Crippen molar-refractivity contribution in [3.63, 3.8) is 0 Å². The van der Waals surface area contributed by atoms with Crippen molar-refractivity contribution >= 4 is 5.91 Å². The smallest absolute Gasteiger partial charge is 0.253 e. The number of hydrogen-bond acceptors (Lipinski definition) is 2. The second kappa shape index (κ2) is 6.30. The Morgan fingerprint density at radius 3 is 2.59 bits per heavy atom. The molecule has 1 aromatic rings. The van der Waals surface area contributed by atoms with Gasteiger partial charge in [-0.15, -0.1) is 0 Å². The van der Waals surface area contributed by atoms with Crippen LogP contribution in [0.2, 0.25) is 0 Å². The van der Waals surface area contributed by atoms with Gasteiger partial charge in [0.25, 0.3) is 5.91 Å². The summed E-state index contributed by atoms with van der Waals surface area (Å²) in [5.74, 6) is -2.27. The van der Waals surface area contributed by atoms with Crippen LogP contribution in [0.3, 0.4) is 0 Å². The average Bonchev–Trinajstić information content (AvgIpc) is 2.33. The molecule has 17 heavy (non-hydrogen) atoms. The Morgan fingerprint density at radius 1 is 1.35 bits per heavy atom. The summed E-state index contributed by atoms with van der Waals surface area (Å²) < 4.78 is 25.7. The van der Waals surface area contributed by atoms with E-state index in [9.17, 15) is 13.6 Å². The molecule has 0 saturated heterocycles. The molecular formula is C12H16F2N2O. The molecule has 0 aliphatic carbocycles. The number of hydrogen-bond donors (Lipinski definition) is 1. The predicted octanol–water partition coefficient (Wildman–Crippen LogP) is 1.78. The first kappa shape index (κ1) is 13.6. The molecule has 3 nitrogen and oxygen atoms in total. The van der Waals surface area contributed by atoms with Crippen molar-refractivity contribution in [2.45, 2.75) is 13.3 Å². The summed E-state index contributed by atoms with van der Waals surface area (Å²) in [5.41, 5.74) is 5.52. The maximum absolute atomic E-state index is 13.0. The molecule has 94 valence electrons. The molecule has 2 N–H and O–H groups in total. The van der Waals surface area contributed by atoms with E-state index in [0.29, 0.717) is 26.1 Å². The minimum Gasteiger partial charge on any atom is -0.339 e. The quantitative estimate of drug-likeness (QED) is 0.855. The summed E-state index contributed by atoms with van der Waals surface area (Å²) in [6, 6.07) is 3.16. The lowest BCUT2D eigenvalue weighted by Crippen LogP contribution is -2.32. The highest BCUT2D eigenvalue weighted by Crippen LogP contribution is 2.11. The van der Waals surface area contributed by atoms with Gasteiger partial charge in [-0.2, -0.15) is 0 Å². The molecule has 0 heterocycles. The lowest BCUT2D eigenvalue weighted by Gasteiger charge is -2.20. The third-order valence-electron chi connectivity index (χ3n) is 2.47. The van der Waals surface area contributed by atoms with Crippen LogP contribution in [0.15, 0.2) is 18.2 Å². The number of carbonyl (C=O) groups excluding carboxylic acids is 1. The van der Waals surface area contributed by atoms with Gasteiger partial charge >= 0.3 is 0 Å². The Balaban J connectivity index is 2.82. The first-order valence-corrected chi connectivity index (χ1v) is 5.54. The van der Waals surface area contributed by atoms with Crippen molar-refractivity contribution in [2.24, 2.45) is 5.73 Å². The van der Waals surface area contributed by atoms with E-state index in [2.05, 4.69) is 0 Å². The van der Waals surface area contributed by atoms with Crippen LogP contribution in [0.4, 0.5) is 8.78 Å². The molecule has 0 saturated carbocycles. The summed E-state index contributed by atoms with van der Waals surface area (Å²) in [5, 5.41) is 0. The molecule has 0 spiro atoms. The van der Waals surface area contributed by atoms with Crippen molar-refractivity contribution < 1.29 is 13.6 Å². The Hall–Kier alpha value is -1.49. The molecule has 0 bridgehead atoms. The molecule has 1 amide bonds. The number of rotatable bonds is 5. The van der Waals surface area contributed by atoms with E-state index in [4.69, 9.17) is 5.73 Å². The highest BCUT2D eigenvalue weighted by Gasteiger charge is 2.15. The Labute approximate surface area is 99.2 Å². The van der Waals surface area contributed by atoms with E-state index < -0.39 is 11.6 Å².